The van der Waals surface area contributed by atoms with E-state index in [1.54, 1.807) is 24.4 Å². The third-order valence-electron chi connectivity index (χ3n) is 2.29. The zero-order valence-corrected chi connectivity index (χ0v) is 10.5. The lowest BCUT2D eigenvalue weighted by atomic mass is 10.2. The summed E-state index contributed by atoms with van der Waals surface area (Å²) in [6.07, 6.45) is 1.64. The molecule has 6 heteroatoms. The molecule has 0 unspecified atom stereocenters. The average Bonchev–Trinajstić information content (AvgIpc) is 2.55. The van der Waals surface area contributed by atoms with E-state index in [1.807, 2.05) is 13.8 Å². The standard InChI is InChI=1S/C10H11ClN2O2S/c1-7(2)9-10(16(11,14)15)13-6-4-3-5-8(13)12-9/h3-7H,1-2H3. The highest BCUT2D eigenvalue weighted by molar-refractivity contribution is 8.13. The first kappa shape index (κ1) is 11.4. The number of aromatic nitrogens is 2. The summed E-state index contributed by atoms with van der Waals surface area (Å²) in [5.41, 5.74) is 1.09. The molecular formula is C10H11ClN2O2S. The molecule has 0 bridgehead atoms. The van der Waals surface area contributed by atoms with Crippen molar-refractivity contribution in [3.63, 3.8) is 0 Å². The lowest BCUT2D eigenvalue weighted by Crippen LogP contribution is -2.02. The van der Waals surface area contributed by atoms with Gasteiger partial charge in [-0.3, -0.25) is 4.40 Å². The van der Waals surface area contributed by atoms with Crippen LogP contribution in [0.5, 0.6) is 0 Å². The number of hydrogen-bond donors (Lipinski definition) is 0. The van der Waals surface area contributed by atoms with Gasteiger partial charge < -0.3 is 0 Å². The first-order valence-electron chi connectivity index (χ1n) is 4.83. The van der Waals surface area contributed by atoms with Gasteiger partial charge in [0.25, 0.3) is 9.05 Å². The molecule has 4 nitrogen and oxygen atoms in total. The number of halogens is 1. The van der Waals surface area contributed by atoms with E-state index in [-0.39, 0.29) is 10.9 Å². The quantitative estimate of drug-likeness (QED) is 0.777. The molecule has 0 aromatic carbocycles. The minimum absolute atomic E-state index is 0.00317. The van der Waals surface area contributed by atoms with Crippen molar-refractivity contribution in [2.75, 3.05) is 0 Å². The van der Waals surface area contributed by atoms with Crippen LogP contribution in [0.1, 0.15) is 25.5 Å². The molecule has 0 spiro atoms. The maximum Gasteiger partial charge on any atom is 0.279 e. The summed E-state index contributed by atoms with van der Waals surface area (Å²) in [6.45, 7) is 3.76. The number of fused-ring (bicyclic) bond motifs is 1. The minimum atomic E-state index is -3.79. The second kappa shape index (κ2) is 3.75. The maximum absolute atomic E-state index is 11.5. The molecule has 2 heterocycles. The summed E-state index contributed by atoms with van der Waals surface area (Å²) in [6, 6.07) is 5.29. The highest BCUT2D eigenvalue weighted by atomic mass is 35.7. The Kier molecular flexibility index (Phi) is 2.67. The van der Waals surface area contributed by atoms with Gasteiger partial charge in [-0.25, -0.2) is 13.4 Å². The summed E-state index contributed by atoms with van der Waals surface area (Å²) in [5.74, 6) is 0.00317. The van der Waals surface area contributed by atoms with E-state index in [0.29, 0.717) is 11.3 Å². The normalized spacial score (nSPS) is 12.5. The largest absolute Gasteiger partial charge is 0.289 e. The molecule has 0 fully saturated rings. The maximum atomic E-state index is 11.5. The van der Waals surface area contributed by atoms with Crippen LogP contribution >= 0.6 is 10.7 Å². The molecular weight excluding hydrogens is 248 g/mol. The summed E-state index contributed by atoms with van der Waals surface area (Å²) in [7, 11) is 1.65. The molecule has 0 saturated carbocycles. The molecule has 2 rings (SSSR count). The van der Waals surface area contributed by atoms with Crippen LogP contribution in [-0.4, -0.2) is 17.8 Å². The second-order valence-electron chi connectivity index (χ2n) is 3.82. The topological polar surface area (TPSA) is 51.4 Å². The third-order valence-corrected chi connectivity index (χ3v) is 3.60. The SMILES string of the molecule is CC(C)c1nc2ccccn2c1S(=O)(=O)Cl. The van der Waals surface area contributed by atoms with Crippen LogP contribution in [0.4, 0.5) is 0 Å². The van der Waals surface area contributed by atoms with E-state index in [9.17, 15) is 8.42 Å². The Balaban J connectivity index is 2.91. The fraction of sp³-hybridized carbons (Fsp3) is 0.300. The first-order chi connectivity index (χ1) is 7.41. The molecule has 0 radical (unpaired) electrons. The Morgan fingerprint density at radius 3 is 2.62 bits per heavy atom. The molecule has 0 aliphatic heterocycles. The molecule has 86 valence electrons. The fourth-order valence-corrected chi connectivity index (χ4v) is 2.99. The lowest BCUT2D eigenvalue weighted by molar-refractivity contribution is 0.601. The summed E-state index contributed by atoms with van der Waals surface area (Å²) < 4.78 is 24.6. The van der Waals surface area contributed by atoms with Crippen LogP contribution in [0.2, 0.25) is 0 Å². The van der Waals surface area contributed by atoms with E-state index in [1.165, 1.54) is 4.40 Å². The number of pyridine rings is 1. The van der Waals surface area contributed by atoms with Gasteiger partial charge in [0, 0.05) is 16.9 Å². The summed E-state index contributed by atoms with van der Waals surface area (Å²) >= 11 is 0. The number of imidazole rings is 1. The van der Waals surface area contributed by atoms with Crippen LogP contribution < -0.4 is 0 Å². The number of nitrogens with zero attached hydrogens (tertiary/aromatic N) is 2. The zero-order chi connectivity index (χ0) is 11.9. The van der Waals surface area contributed by atoms with Gasteiger partial charge in [0.05, 0.1) is 5.69 Å². The van der Waals surface area contributed by atoms with Crippen molar-refractivity contribution in [1.29, 1.82) is 0 Å². The average molecular weight is 259 g/mol. The molecule has 16 heavy (non-hydrogen) atoms. The first-order valence-corrected chi connectivity index (χ1v) is 7.14. The highest BCUT2D eigenvalue weighted by Gasteiger charge is 2.24. The Bertz CT molecular complexity index is 631. The van der Waals surface area contributed by atoms with E-state index >= 15 is 0 Å². The molecule has 2 aromatic heterocycles. The van der Waals surface area contributed by atoms with Gasteiger partial charge >= 0.3 is 0 Å². The van der Waals surface area contributed by atoms with Gasteiger partial charge in [-0.05, 0) is 18.1 Å². The molecule has 0 amide bonds. The van der Waals surface area contributed by atoms with Gasteiger partial charge in [0.15, 0.2) is 5.03 Å². The van der Waals surface area contributed by atoms with Crippen molar-refractivity contribution >= 4 is 25.4 Å². The molecule has 0 aliphatic rings. The van der Waals surface area contributed by atoms with Crippen molar-refractivity contribution in [3.8, 4) is 0 Å². The van der Waals surface area contributed by atoms with Crippen LogP contribution in [0.3, 0.4) is 0 Å². The van der Waals surface area contributed by atoms with Gasteiger partial charge in [0.1, 0.15) is 5.65 Å². The van der Waals surface area contributed by atoms with Crippen molar-refractivity contribution < 1.29 is 8.42 Å². The fourth-order valence-electron chi connectivity index (χ4n) is 1.61. The molecule has 0 aliphatic carbocycles. The predicted molar refractivity (Wildman–Crippen MR) is 62.3 cm³/mol. The summed E-state index contributed by atoms with van der Waals surface area (Å²) in [4.78, 5) is 4.28. The van der Waals surface area contributed by atoms with E-state index in [4.69, 9.17) is 10.7 Å². The van der Waals surface area contributed by atoms with Crippen molar-refractivity contribution in [2.45, 2.75) is 24.8 Å². The Morgan fingerprint density at radius 1 is 1.38 bits per heavy atom. The Hall–Kier alpha value is -1.07. The Labute approximate surface area is 98.3 Å². The smallest absolute Gasteiger partial charge is 0.279 e. The third kappa shape index (κ3) is 1.81. The minimum Gasteiger partial charge on any atom is -0.289 e. The van der Waals surface area contributed by atoms with Gasteiger partial charge in [0.2, 0.25) is 0 Å². The van der Waals surface area contributed by atoms with Crippen LogP contribution in [-0.2, 0) is 9.05 Å². The van der Waals surface area contributed by atoms with Crippen LogP contribution in [0.15, 0.2) is 29.4 Å². The lowest BCUT2D eigenvalue weighted by Gasteiger charge is -2.03. The number of hydrogen-bond acceptors (Lipinski definition) is 3. The molecule has 0 saturated heterocycles. The molecule has 0 atom stereocenters. The summed E-state index contributed by atoms with van der Waals surface area (Å²) in [5, 5.41) is 0.0692. The van der Waals surface area contributed by atoms with Gasteiger partial charge in [-0.2, -0.15) is 0 Å². The monoisotopic (exact) mass is 258 g/mol. The van der Waals surface area contributed by atoms with Crippen LogP contribution in [0.25, 0.3) is 5.65 Å². The second-order valence-corrected chi connectivity index (χ2v) is 6.30. The molecule has 2 aromatic rings. The van der Waals surface area contributed by atoms with E-state index in [0.717, 1.165) is 0 Å². The van der Waals surface area contributed by atoms with Gasteiger partial charge in [-0.15, -0.1) is 0 Å². The Morgan fingerprint density at radius 2 is 2.06 bits per heavy atom. The van der Waals surface area contributed by atoms with Crippen molar-refractivity contribution in [2.24, 2.45) is 0 Å². The van der Waals surface area contributed by atoms with E-state index < -0.39 is 9.05 Å². The van der Waals surface area contributed by atoms with E-state index in [2.05, 4.69) is 4.98 Å². The van der Waals surface area contributed by atoms with Crippen molar-refractivity contribution in [1.82, 2.24) is 9.38 Å². The predicted octanol–water partition coefficient (Wildman–Crippen LogP) is 2.39. The number of rotatable bonds is 2. The van der Waals surface area contributed by atoms with Crippen LogP contribution in [0, 0.1) is 0 Å². The zero-order valence-electron chi connectivity index (χ0n) is 8.88. The molecule has 0 N–H and O–H groups in total. The highest BCUT2D eigenvalue weighted by Crippen LogP contribution is 2.26. The van der Waals surface area contributed by atoms with Gasteiger partial charge in [-0.1, -0.05) is 19.9 Å². The van der Waals surface area contributed by atoms with Crippen molar-refractivity contribution in [3.05, 3.63) is 30.1 Å².